The first-order valence-corrected chi connectivity index (χ1v) is 6.37. The van der Waals surface area contributed by atoms with E-state index in [9.17, 15) is 4.79 Å². The van der Waals surface area contributed by atoms with Crippen molar-refractivity contribution in [3.05, 3.63) is 47.5 Å². The van der Waals surface area contributed by atoms with Gasteiger partial charge in [0, 0.05) is 23.4 Å². The van der Waals surface area contributed by atoms with Crippen LogP contribution in [0.5, 0.6) is 0 Å². The fraction of sp³-hybridized carbons (Fsp3) is 0.286. The van der Waals surface area contributed by atoms with E-state index in [2.05, 4.69) is 4.98 Å². The Morgan fingerprint density at radius 2 is 2.22 bits per heavy atom. The van der Waals surface area contributed by atoms with Gasteiger partial charge >= 0.3 is 0 Å². The lowest BCUT2D eigenvalue weighted by molar-refractivity contribution is 0.108. The van der Waals surface area contributed by atoms with Gasteiger partial charge in [-0.15, -0.1) is 0 Å². The number of hydrogen-bond acceptors (Lipinski definition) is 2. The maximum absolute atomic E-state index is 11.3. The van der Waals surface area contributed by atoms with Crippen LogP contribution in [0.4, 0.5) is 0 Å². The molecule has 4 heteroatoms. The molecule has 1 fully saturated rings. The molecule has 0 bridgehead atoms. The Hall–Kier alpha value is -1.61. The van der Waals surface area contributed by atoms with E-state index < -0.39 is 5.24 Å². The average Bonchev–Trinajstić information content (AvgIpc) is 3.08. The van der Waals surface area contributed by atoms with Gasteiger partial charge in [0.15, 0.2) is 0 Å². The molecule has 0 amide bonds. The van der Waals surface area contributed by atoms with E-state index in [0.29, 0.717) is 11.5 Å². The Kier molecular flexibility index (Phi) is 2.71. The summed E-state index contributed by atoms with van der Waals surface area (Å²) < 4.78 is 1.94. The zero-order valence-electron chi connectivity index (χ0n) is 10.1. The molecule has 0 aliphatic heterocycles. The number of imidazole rings is 1. The fourth-order valence-corrected chi connectivity index (χ4v) is 2.26. The molecule has 92 valence electrons. The lowest BCUT2D eigenvalue weighted by Gasteiger charge is -2.06. The molecule has 1 aliphatic carbocycles. The molecule has 1 aliphatic rings. The third-order valence-corrected chi connectivity index (χ3v) is 3.53. The van der Waals surface area contributed by atoms with Crippen molar-refractivity contribution in [3.8, 4) is 5.69 Å². The number of aromatic nitrogens is 2. The van der Waals surface area contributed by atoms with E-state index in [-0.39, 0.29) is 0 Å². The maximum atomic E-state index is 11.3. The van der Waals surface area contributed by atoms with Crippen molar-refractivity contribution < 1.29 is 4.79 Å². The molecule has 3 nitrogen and oxygen atoms in total. The number of halogens is 1. The van der Waals surface area contributed by atoms with E-state index >= 15 is 0 Å². The minimum absolute atomic E-state index is 0.420. The maximum Gasteiger partial charge on any atom is 0.252 e. The summed E-state index contributed by atoms with van der Waals surface area (Å²) in [6.07, 6.45) is 6.29. The van der Waals surface area contributed by atoms with Gasteiger partial charge in [0.25, 0.3) is 5.24 Å². The second-order valence-electron chi connectivity index (χ2n) is 4.75. The summed E-state index contributed by atoms with van der Waals surface area (Å²) in [7, 11) is 0. The van der Waals surface area contributed by atoms with Crippen LogP contribution in [0.2, 0.25) is 0 Å². The van der Waals surface area contributed by atoms with Crippen LogP contribution in [0.1, 0.15) is 40.4 Å². The van der Waals surface area contributed by atoms with Crippen molar-refractivity contribution in [1.82, 2.24) is 9.55 Å². The standard InChI is InChI=1S/C14H13ClN2O/c1-9-2-5-11(6-12(9)14(15)18)17-7-13(16-8-17)10-3-4-10/h2,5-8,10H,3-4H2,1H3. The second-order valence-corrected chi connectivity index (χ2v) is 5.10. The third-order valence-electron chi connectivity index (χ3n) is 3.33. The van der Waals surface area contributed by atoms with Crippen LogP contribution < -0.4 is 0 Å². The van der Waals surface area contributed by atoms with Gasteiger partial charge in [-0.05, 0) is 49.1 Å². The number of rotatable bonds is 3. The van der Waals surface area contributed by atoms with Crippen molar-refractivity contribution in [1.29, 1.82) is 0 Å². The highest BCUT2D eigenvalue weighted by Gasteiger charge is 2.25. The number of carbonyl (C=O) groups excluding carboxylic acids is 1. The molecule has 1 aromatic heterocycles. The summed E-state index contributed by atoms with van der Waals surface area (Å²) in [6, 6.07) is 5.68. The van der Waals surface area contributed by atoms with Gasteiger partial charge in [-0.25, -0.2) is 4.98 Å². The molecular formula is C14H13ClN2O. The number of nitrogens with zero attached hydrogens (tertiary/aromatic N) is 2. The van der Waals surface area contributed by atoms with Gasteiger partial charge in [-0.1, -0.05) is 6.07 Å². The van der Waals surface area contributed by atoms with E-state index in [1.165, 1.54) is 12.8 Å². The van der Waals surface area contributed by atoms with Crippen molar-refractivity contribution in [2.75, 3.05) is 0 Å². The van der Waals surface area contributed by atoms with E-state index in [1.54, 1.807) is 6.33 Å². The van der Waals surface area contributed by atoms with Gasteiger partial charge in [0.05, 0.1) is 12.0 Å². The third kappa shape index (κ3) is 2.06. The normalized spacial score (nSPS) is 14.8. The van der Waals surface area contributed by atoms with Gasteiger partial charge in [0.1, 0.15) is 0 Å². The predicted molar refractivity (Wildman–Crippen MR) is 70.5 cm³/mol. The Morgan fingerprint density at radius 3 is 2.89 bits per heavy atom. The SMILES string of the molecule is Cc1ccc(-n2cnc(C3CC3)c2)cc1C(=O)Cl. The zero-order valence-corrected chi connectivity index (χ0v) is 10.8. The van der Waals surface area contributed by atoms with Crippen LogP contribution in [0.3, 0.4) is 0 Å². The lowest BCUT2D eigenvalue weighted by Crippen LogP contribution is -1.97. The number of benzene rings is 1. The molecule has 0 spiro atoms. The molecule has 0 unspecified atom stereocenters. The van der Waals surface area contributed by atoms with Gasteiger partial charge in [-0.3, -0.25) is 4.79 Å². The highest BCUT2D eigenvalue weighted by molar-refractivity contribution is 6.67. The number of carbonyl (C=O) groups is 1. The van der Waals surface area contributed by atoms with E-state index in [1.807, 2.05) is 35.9 Å². The zero-order chi connectivity index (χ0) is 12.7. The van der Waals surface area contributed by atoms with Crippen LogP contribution in [-0.4, -0.2) is 14.8 Å². The molecule has 0 saturated heterocycles. The van der Waals surface area contributed by atoms with Gasteiger partial charge < -0.3 is 4.57 Å². The summed E-state index contributed by atoms with van der Waals surface area (Å²) in [4.78, 5) is 15.7. The average molecular weight is 261 g/mol. The topological polar surface area (TPSA) is 34.9 Å². The first kappa shape index (κ1) is 11.5. The molecular weight excluding hydrogens is 248 g/mol. The molecule has 2 aromatic rings. The molecule has 3 rings (SSSR count). The van der Waals surface area contributed by atoms with Crippen molar-refractivity contribution in [3.63, 3.8) is 0 Å². The van der Waals surface area contributed by atoms with Crippen LogP contribution in [0.15, 0.2) is 30.7 Å². The van der Waals surface area contributed by atoms with Gasteiger partial charge in [-0.2, -0.15) is 0 Å². The largest absolute Gasteiger partial charge is 0.306 e. The smallest absolute Gasteiger partial charge is 0.252 e. The van der Waals surface area contributed by atoms with Crippen molar-refractivity contribution in [2.24, 2.45) is 0 Å². The Balaban J connectivity index is 1.99. The molecule has 0 atom stereocenters. The Labute approximate surface area is 110 Å². The van der Waals surface area contributed by atoms with Crippen LogP contribution in [0.25, 0.3) is 5.69 Å². The van der Waals surface area contributed by atoms with Gasteiger partial charge in [0.2, 0.25) is 0 Å². The minimum Gasteiger partial charge on any atom is -0.306 e. The second kappa shape index (κ2) is 4.25. The van der Waals surface area contributed by atoms with Crippen LogP contribution in [-0.2, 0) is 0 Å². The molecule has 0 radical (unpaired) electrons. The first-order valence-electron chi connectivity index (χ1n) is 6.00. The van der Waals surface area contributed by atoms with E-state index in [0.717, 1.165) is 16.9 Å². The summed E-state index contributed by atoms with van der Waals surface area (Å²) in [5.41, 5.74) is 3.50. The Bertz CT molecular complexity index is 614. The minimum atomic E-state index is -0.420. The van der Waals surface area contributed by atoms with E-state index in [4.69, 9.17) is 11.6 Å². The molecule has 1 heterocycles. The predicted octanol–water partition coefficient (Wildman–Crippen LogP) is 3.44. The number of aryl methyl sites for hydroxylation is 1. The summed E-state index contributed by atoms with van der Waals surface area (Å²) in [5.74, 6) is 0.630. The number of hydrogen-bond donors (Lipinski definition) is 0. The monoisotopic (exact) mass is 260 g/mol. The van der Waals surface area contributed by atoms with Crippen LogP contribution >= 0.6 is 11.6 Å². The lowest BCUT2D eigenvalue weighted by atomic mass is 10.1. The molecule has 0 N–H and O–H groups in total. The van der Waals surface area contributed by atoms with Crippen molar-refractivity contribution >= 4 is 16.8 Å². The molecule has 1 saturated carbocycles. The highest BCUT2D eigenvalue weighted by atomic mass is 35.5. The fourth-order valence-electron chi connectivity index (χ4n) is 2.05. The molecule has 18 heavy (non-hydrogen) atoms. The van der Waals surface area contributed by atoms with Crippen molar-refractivity contribution in [2.45, 2.75) is 25.7 Å². The highest BCUT2D eigenvalue weighted by Crippen LogP contribution is 2.39. The summed E-state index contributed by atoms with van der Waals surface area (Å²) in [6.45, 7) is 1.88. The summed E-state index contributed by atoms with van der Waals surface area (Å²) >= 11 is 5.57. The Morgan fingerprint density at radius 1 is 1.44 bits per heavy atom. The summed E-state index contributed by atoms with van der Waals surface area (Å²) in [5, 5.41) is -0.420. The molecule has 1 aromatic carbocycles. The van der Waals surface area contributed by atoms with Crippen LogP contribution in [0, 0.1) is 6.92 Å². The quantitative estimate of drug-likeness (QED) is 0.793. The first-order chi connectivity index (χ1) is 8.65.